The fourth-order valence-electron chi connectivity index (χ4n) is 2.79. The molecular formula is C18H26N4O4. The third-order valence-electron chi connectivity index (χ3n) is 4.19. The van der Waals surface area contributed by atoms with E-state index in [1.54, 1.807) is 18.7 Å². The van der Waals surface area contributed by atoms with Crippen LogP contribution in [0.25, 0.3) is 11.0 Å². The van der Waals surface area contributed by atoms with E-state index in [0.717, 1.165) is 5.52 Å². The molecule has 0 aliphatic carbocycles. The zero-order valence-electron chi connectivity index (χ0n) is 15.5. The number of aryl methyl sites for hydroxylation is 1. The van der Waals surface area contributed by atoms with Crippen molar-refractivity contribution in [2.24, 2.45) is 0 Å². The first kappa shape index (κ1) is 19.7. The second-order valence-corrected chi connectivity index (χ2v) is 6.05. The van der Waals surface area contributed by atoms with Gasteiger partial charge in [-0.2, -0.15) is 0 Å². The van der Waals surface area contributed by atoms with Crippen LogP contribution in [-0.4, -0.2) is 59.7 Å². The molecular weight excluding hydrogens is 336 g/mol. The normalized spacial score (nSPS) is 10.9. The number of nitrogens with one attached hydrogen (secondary N) is 1. The summed E-state index contributed by atoms with van der Waals surface area (Å²) in [4.78, 5) is 38.3. The van der Waals surface area contributed by atoms with Crippen LogP contribution >= 0.6 is 0 Å². The Morgan fingerprint density at radius 3 is 2.46 bits per heavy atom. The van der Waals surface area contributed by atoms with Gasteiger partial charge in [-0.15, -0.1) is 0 Å². The number of aromatic nitrogens is 2. The van der Waals surface area contributed by atoms with Gasteiger partial charge in [0.15, 0.2) is 0 Å². The highest BCUT2D eigenvalue weighted by Crippen LogP contribution is 2.12. The van der Waals surface area contributed by atoms with Gasteiger partial charge in [-0.05, 0) is 25.5 Å². The predicted octanol–water partition coefficient (Wildman–Crippen LogP) is 0.434. The molecule has 0 bridgehead atoms. The van der Waals surface area contributed by atoms with Crippen molar-refractivity contribution >= 4 is 22.8 Å². The molecule has 0 spiro atoms. The molecule has 1 heterocycles. The first-order chi connectivity index (χ1) is 12.5. The maximum absolute atomic E-state index is 12.6. The SMILES string of the molecule is CCn1c(=O)n(CC(=O)N(C)CC(=O)NCCCOC)c2ccccc21. The number of methoxy groups -OCH3 is 1. The number of para-hydroxylation sites is 2. The maximum atomic E-state index is 12.6. The number of carbonyl (C=O) groups excluding carboxylic acids is 2. The number of likely N-dealkylation sites (N-methyl/N-ethyl adjacent to an activating group) is 1. The molecule has 2 aromatic rings. The number of amides is 2. The van der Waals surface area contributed by atoms with Gasteiger partial charge >= 0.3 is 5.69 Å². The molecule has 0 saturated heterocycles. The Balaban J connectivity index is 2.03. The fraction of sp³-hybridized carbons (Fsp3) is 0.500. The minimum absolute atomic E-state index is 0.0486. The lowest BCUT2D eigenvalue weighted by Crippen LogP contribution is -2.41. The van der Waals surface area contributed by atoms with Crippen LogP contribution in [0.4, 0.5) is 0 Å². The van der Waals surface area contributed by atoms with Crippen molar-refractivity contribution in [2.75, 3.05) is 33.9 Å². The van der Waals surface area contributed by atoms with Crippen molar-refractivity contribution in [2.45, 2.75) is 26.4 Å². The van der Waals surface area contributed by atoms with E-state index in [-0.39, 0.29) is 30.6 Å². The van der Waals surface area contributed by atoms with Crippen LogP contribution in [0, 0.1) is 0 Å². The number of benzene rings is 1. The molecule has 1 aromatic carbocycles. The molecule has 0 atom stereocenters. The summed E-state index contributed by atoms with van der Waals surface area (Å²) in [6.07, 6.45) is 0.714. The highest BCUT2D eigenvalue weighted by molar-refractivity contribution is 5.85. The molecule has 8 nitrogen and oxygen atoms in total. The summed E-state index contributed by atoms with van der Waals surface area (Å²) < 4.78 is 8.00. The molecule has 0 aliphatic rings. The van der Waals surface area contributed by atoms with Crippen molar-refractivity contribution in [3.05, 3.63) is 34.7 Å². The molecule has 1 aromatic heterocycles. The quantitative estimate of drug-likeness (QED) is 0.656. The Morgan fingerprint density at radius 2 is 1.85 bits per heavy atom. The Morgan fingerprint density at radius 1 is 1.19 bits per heavy atom. The van der Waals surface area contributed by atoms with Crippen LogP contribution in [0.15, 0.2) is 29.1 Å². The van der Waals surface area contributed by atoms with Gasteiger partial charge in [-0.25, -0.2) is 4.79 Å². The van der Waals surface area contributed by atoms with Crippen molar-refractivity contribution in [1.29, 1.82) is 0 Å². The highest BCUT2D eigenvalue weighted by atomic mass is 16.5. The first-order valence-corrected chi connectivity index (χ1v) is 8.67. The summed E-state index contributed by atoms with van der Waals surface area (Å²) in [5, 5.41) is 2.74. The van der Waals surface area contributed by atoms with E-state index in [1.165, 1.54) is 9.47 Å². The first-order valence-electron chi connectivity index (χ1n) is 8.67. The van der Waals surface area contributed by atoms with Gasteiger partial charge in [0.1, 0.15) is 6.54 Å². The lowest BCUT2D eigenvalue weighted by molar-refractivity contribution is -0.135. The van der Waals surface area contributed by atoms with Crippen molar-refractivity contribution in [3.63, 3.8) is 0 Å². The molecule has 0 aliphatic heterocycles. The Hall–Kier alpha value is -2.61. The standard InChI is InChI=1S/C18H26N4O4/c1-4-21-14-8-5-6-9-15(14)22(18(21)25)13-17(24)20(2)12-16(23)19-10-7-11-26-3/h5-6,8-9H,4,7,10-13H2,1-3H3,(H,19,23). The number of hydrogen-bond acceptors (Lipinski definition) is 4. The number of hydrogen-bond donors (Lipinski definition) is 1. The van der Waals surface area contributed by atoms with Crippen molar-refractivity contribution < 1.29 is 14.3 Å². The average molecular weight is 362 g/mol. The summed E-state index contributed by atoms with van der Waals surface area (Å²) in [7, 11) is 3.16. The summed E-state index contributed by atoms with van der Waals surface area (Å²) in [5.41, 5.74) is 1.29. The lowest BCUT2D eigenvalue weighted by atomic mass is 10.3. The molecule has 8 heteroatoms. The van der Waals surface area contributed by atoms with Crippen LogP contribution in [0.2, 0.25) is 0 Å². The Bertz CT molecular complexity index is 824. The van der Waals surface area contributed by atoms with E-state index in [2.05, 4.69) is 5.32 Å². The summed E-state index contributed by atoms with van der Waals surface area (Å²) >= 11 is 0. The van der Waals surface area contributed by atoms with Gasteiger partial charge in [-0.3, -0.25) is 18.7 Å². The van der Waals surface area contributed by atoms with Crippen molar-refractivity contribution in [1.82, 2.24) is 19.4 Å². The fourth-order valence-corrected chi connectivity index (χ4v) is 2.79. The lowest BCUT2D eigenvalue weighted by Gasteiger charge is -2.17. The third kappa shape index (κ3) is 4.51. The van der Waals surface area contributed by atoms with Crippen LogP contribution in [0.1, 0.15) is 13.3 Å². The Labute approximate surface area is 152 Å². The molecule has 1 N–H and O–H groups in total. The van der Waals surface area contributed by atoms with Gasteiger partial charge in [0.05, 0.1) is 17.6 Å². The van der Waals surface area contributed by atoms with Crippen LogP contribution in [0.3, 0.4) is 0 Å². The second-order valence-electron chi connectivity index (χ2n) is 6.05. The van der Waals surface area contributed by atoms with E-state index in [4.69, 9.17) is 4.74 Å². The van der Waals surface area contributed by atoms with E-state index < -0.39 is 0 Å². The van der Waals surface area contributed by atoms with Crippen LogP contribution in [-0.2, 0) is 27.4 Å². The topological polar surface area (TPSA) is 85.6 Å². The Kier molecular flexibility index (Phi) is 6.97. The second kappa shape index (κ2) is 9.19. The minimum Gasteiger partial charge on any atom is -0.385 e. The van der Waals surface area contributed by atoms with Gasteiger partial charge in [0.25, 0.3) is 0 Å². The number of fused-ring (bicyclic) bond motifs is 1. The van der Waals surface area contributed by atoms with E-state index in [1.807, 2.05) is 31.2 Å². The molecule has 0 saturated carbocycles. The zero-order valence-corrected chi connectivity index (χ0v) is 15.5. The molecule has 2 rings (SSSR count). The summed E-state index contributed by atoms with van der Waals surface area (Å²) in [6, 6.07) is 7.37. The zero-order chi connectivity index (χ0) is 19.1. The minimum atomic E-state index is -0.293. The molecule has 0 radical (unpaired) electrons. The third-order valence-corrected chi connectivity index (χ3v) is 4.19. The molecule has 0 unspecified atom stereocenters. The van der Waals surface area contributed by atoms with Crippen LogP contribution in [0.5, 0.6) is 0 Å². The molecule has 26 heavy (non-hydrogen) atoms. The molecule has 142 valence electrons. The van der Waals surface area contributed by atoms with Gasteiger partial charge < -0.3 is 15.0 Å². The largest absolute Gasteiger partial charge is 0.385 e. The highest BCUT2D eigenvalue weighted by Gasteiger charge is 2.18. The van der Waals surface area contributed by atoms with E-state index in [0.29, 0.717) is 31.6 Å². The monoisotopic (exact) mass is 362 g/mol. The summed E-state index contributed by atoms with van der Waals surface area (Å²) in [6.45, 7) is 3.34. The number of nitrogens with zero attached hydrogens (tertiary/aromatic N) is 3. The van der Waals surface area contributed by atoms with Gasteiger partial charge in [-0.1, -0.05) is 12.1 Å². The van der Waals surface area contributed by atoms with Gasteiger partial charge in [0.2, 0.25) is 11.8 Å². The maximum Gasteiger partial charge on any atom is 0.329 e. The molecule has 0 fully saturated rings. The summed E-state index contributed by atoms with van der Waals surface area (Å²) in [5.74, 6) is -0.529. The predicted molar refractivity (Wildman–Crippen MR) is 99.0 cm³/mol. The smallest absolute Gasteiger partial charge is 0.329 e. The van der Waals surface area contributed by atoms with E-state index in [9.17, 15) is 14.4 Å². The molecule has 2 amide bonds. The van der Waals surface area contributed by atoms with E-state index >= 15 is 0 Å². The average Bonchev–Trinajstić information content (AvgIpc) is 2.90. The van der Waals surface area contributed by atoms with Crippen molar-refractivity contribution in [3.8, 4) is 0 Å². The van der Waals surface area contributed by atoms with Crippen LogP contribution < -0.4 is 11.0 Å². The number of rotatable bonds is 9. The number of carbonyl (C=O) groups is 2. The number of imidazole rings is 1. The number of ether oxygens (including phenoxy) is 1. The van der Waals surface area contributed by atoms with Gasteiger partial charge in [0, 0.05) is 33.9 Å².